The Morgan fingerprint density at radius 2 is 2.00 bits per heavy atom. The zero-order chi connectivity index (χ0) is 13.6. The zero-order valence-electron chi connectivity index (χ0n) is 11.9. The molecule has 3 heteroatoms. The van der Waals surface area contributed by atoms with Gasteiger partial charge in [0.15, 0.2) is 5.79 Å². The van der Waals surface area contributed by atoms with Crippen molar-refractivity contribution in [2.45, 2.75) is 51.6 Å². The summed E-state index contributed by atoms with van der Waals surface area (Å²) in [6, 6.07) is 10.3. The molecule has 106 valence electrons. The highest BCUT2D eigenvalue weighted by molar-refractivity contribution is 5.13. The molecule has 1 saturated heterocycles. The molecule has 2 rings (SSSR count). The molecule has 1 unspecified atom stereocenters. The van der Waals surface area contributed by atoms with Crippen molar-refractivity contribution in [1.29, 1.82) is 0 Å². The van der Waals surface area contributed by atoms with E-state index >= 15 is 0 Å². The minimum atomic E-state index is -0.394. The molecule has 1 atom stereocenters. The van der Waals surface area contributed by atoms with Gasteiger partial charge in [0, 0.05) is 6.61 Å². The van der Waals surface area contributed by atoms with Crippen molar-refractivity contribution in [3.63, 3.8) is 0 Å². The third-order valence-electron chi connectivity index (χ3n) is 3.24. The Hall–Kier alpha value is -0.900. The molecule has 0 bridgehead atoms. The number of unbranched alkanes of at least 4 members (excludes halogenated alkanes) is 1. The second kappa shape index (κ2) is 7.04. The van der Waals surface area contributed by atoms with Gasteiger partial charge in [-0.3, -0.25) is 0 Å². The molecule has 1 aliphatic rings. The van der Waals surface area contributed by atoms with Gasteiger partial charge >= 0.3 is 0 Å². The summed E-state index contributed by atoms with van der Waals surface area (Å²) < 4.78 is 17.0. The summed E-state index contributed by atoms with van der Waals surface area (Å²) in [7, 11) is 0. The first-order chi connectivity index (χ1) is 9.16. The van der Waals surface area contributed by atoms with Crippen LogP contribution in [0, 0.1) is 0 Å². The second-order valence-corrected chi connectivity index (χ2v) is 5.48. The van der Waals surface area contributed by atoms with Crippen LogP contribution in [0.5, 0.6) is 0 Å². The molecule has 1 aromatic carbocycles. The topological polar surface area (TPSA) is 27.7 Å². The molecule has 0 spiro atoms. The SMILES string of the molecule is CC1(C)OCC(CCCCOCc2ccccc2)O1. The Bertz CT molecular complexity index is 362. The first-order valence-corrected chi connectivity index (χ1v) is 7.09. The average Bonchev–Trinajstić information content (AvgIpc) is 2.74. The minimum Gasteiger partial charge on any atom is -0.377 e. The number of hydrogen-bond acceptors (Lipinski definition) is 3. The third kappa shape index (κ3) is 5.31. The molecule has 19 heavy (non-hydrogen) atoms. The minimum absolute atomic E-state index is 0.254. The van der Waals surface area contributed by atoms with E-state index in [4.69, 9.17) is 14.2 Å². The number of rotatable bonds is 7. The summed E-state index contributed by atoms with van der Waals surface area (Å²) in [5, 5.41) is 0. The van der Waals surface area contributed by atoms with Gasteiger partial charge < -0.3 is 14.2 Å². The predicted octanol–water partition coefficient (Wildman–Crippen LogP) is 3.53. The van der Waals surface area contributed by atoms with Crippen LogP contribution in [0.3, 0.4) is 0 Å². The standard InChI is InChI=1S/C16H24O3/c1-16(2)18-13-15(19-16)10-6-7-11-17-12-14-8-4-3-5-9-14/h3-5,8-9,15H,6-7,10-13H2,1-2H3. The lowest BCUT2D eigenvalue weighted by Gasteiger charge is -2.16. The summed E-state index contributed by atoms with van der Waals surface area (Å²) in [6.45, 7) is 6.17. The summed E-state index contributed by atoms with van der Waals surface area (Å²) in [4.78, 5) is 0. The van der Waals surface area contributed by atoms with Crippen LogP contribution in [-0.2, 0) is 20.8 Å². The molecule has 1 aromatic rings. The molecule has 1 heterocycles. The Balaban J connectivity index is 1.49. The van der Waals surface area contributed by atoms with E-state index in [0.717, 1.165) is 32.5 Å². The Morgan fingerprint density at radius 3 is 2.68 bits per heavy atom. The van der Waals surface area contributed by atoms with Crippen LogP contribution in [0.2, 0.25) is 0 Å². The van der Waals surface area contributed by atoms with Gasteiger partial charge in [0.2, 0.25) is 0 Å². The van der Waals surface area contributed by atoms with E-state index in [0.29, 0.717) is 6.61 Å². The predicted molar refractivity (Wildman–Crippen MR) is 74.9 cm³/mol. The first-order valence-electron chi connectivity index (χ1n) is 7.09. The maximum atomic E-state index is 5.76. The fourth-order valence-electron chi connectivity index (χ4n) is 2.25. The van der Waals surface area contributed by atoms with Gasteiger partial charge in [0.05, 0.1) is 19.3 Å². The van der Waals surface area contributed by atoms with Crippen molar-refractivity contribution in [3.05, 3.63) is 35.9 Å². The monoisotopic (exact) mass is 264 g/mol. The van der Waals surface area contributed by atoms with Crippen LogP contribution >= 0.6 is 0 Å². The Morgan fingerprint density at radius 1 is 1.21 bits per heavy atom. The quantitative estimate of drug-likeness (QED) is 0.705. The van der Waals surface area contributed by atoms with Crippen LogP contribution < -0.4 is 0 Å². The number of hydrogen-bond donors (Lipinski definition) is 0. The van der Waals surface area contributed by atoms with Crippen LogP contribution in [0.1, 0.15) is 38.7 Å². The van der Waals surface area contributed by atoms with Gasteiger partial charge in [-0.25, -0.2) is 0 Å². The normalized spacial score (nSPS) is 21.7. The highest BCUT2D eigenvalue weighted by atomic mass is 16.7. The van der Waals surface area contributed by atoms with E-state index in [9.17, 15) is 0 Å². The lowest BCUT2D eigenvalue weighted by atomic mass is 10.2. The van der Waals surface area contributed by atoms with Crippen molar-refractivity contribution in [2.24, 2.45) is 0 Å². The molecular formula is C16H24O3. The van der Waals surface area contributed by atoms with E-state index in [2.05, 4.69) is 12.1 Å². The van der Waals surface area contributed by atoms with Gasteiger partial charge in [-0.1, -0.05) is 30.3 Å². The van der Waals surface area contributed by atoms with E-state index < -0.39 is 5.79 Å². The van der Waals surface area contributed by atoms with Crippen LogP contribution in [0.25, 0.3) is 0 Å². The van der Waals surface area contributed by atoms with Crippen LogP contribution in [-0.4, -0.2) is 25.1 Å². The number of benzene rings is 1. The van der Waals surface area contributed by atoms with Crippen molar-refractivity contribution < 1.29 is 14.2 Å². The lowest BCUT2D eigenvalue weighted by molar-refractivity contribution is -0.139. The maximum absolute atomic E-state index is 5.76. The van der Waals surface area contributed by atoms with E-state index in [-0.39, 0.29) is 6.10 Å². The summed E-state index contributed by atoms with van der Waals surface area (Å²) in [5.41, 5.74) is 1.23. The van der Waals surface area contributed by atoms with Crippen molar-refractivity contribution in [2.75, 3.05) is 13.2 Å². The van der Waals surface area contributed by atoms with Crippen molar-refractivity contribution in [1.82, 2.24) is 0 Å². The molecule has 0 aliphatic carbocycles. The Kier molecular flexibility index (Phi) is 5.37. The lowest BCUT2D eigenvalue weighted by Crippen LogP contribution is -2.21. The number of ether oxygens (including phenoxy) is 3. The van der Waals surface area contributed by atoms with Gasteiger partial charge in [-0.05, 0) is 38.7 Å². The smallest absolute Gasteiger partial charge is 0.163 e. The van der Waals surface area contributed by atoms with E-state index in [1.165, 1.54) is 5.56 Å². The Labute approximate surface area is 115 Å². The van der Waals surface area contributed by atoms with Crippen LogP contribution in [0.15, 0.2) is 30.3 Å². The van der Waals surface area contributed by atoms with Gasteiger partial charge in [-0.2, -0.15) is 0 Å². The van der Waals surface area contributed by atoms with E-state index in [1.807, 2.05) is 32.0 Å². The zero-order valence-corrected chi connectivity index (χ0v) is 11.9. The van der Waals surface area contributed by atoms with E-state index in [1.54, 1.807) is 0 Å². The molecule has 0 amide bonds. The molecular weight excluding hydrogens is 240 g/mol. The fraction of sp³-hybridized carbons (Fsp3) is 0.625. The van der Waals surface area contributed by atoms with Gasteiger partial charge in [0.1, 0.15) is 0 Å². The van der Waals surface area contributed by atoms with Crippen molar-refractivity contribution in [3.8, 4) is 0 Å². The molecule has 0 radical (unpaired) electrons. The molecule has 3 nitrogen and oxygen atoms in total. The van der Waals surface area contributed by atoms with Gasteiger partial charge in [-0.15, -0.1) is 0 Å². The molecule has 1 aliphatic heterocycles. The highest BCUT2D eigenvalue weighted by Gasteiger charge is 2.31. The summed E-state index contributed by atoms with van der Waals surface area (Å²) in [6.07, 6.45) is 3.51. The molecule has 1 fully saturated rings. The maximum Gasteiger partial charge on any atom is 0.163 e. The third-order valence-corrected chi connectivity index (χ3v) is 3.24. The van der Waals surface area contributed by atoms with Gasteiger partial charge in [0.25, 0.3) is 0 Å². The molecule has 0 aromatic heterocycles. The first kappa shape index (κ1) is 14.5. The average molecular weight is 264 g/mol. The highest BCUT2D eigenvalue weighted by Crippen LogP contribution is 2.25. The molecule has 0 saturated carbocycles. The summed E-state index contributed by atoms with van der Waals surface area (Å²) in [5.74, 6) is -0.394. The largest absolute Gasteiger partial charge is 0.377 e. The summed E-state index contributed by atoms with van der Waals surface area (Å²) >= 11 is 0. The molecule has 0 N–H and O–H groups in total. The second-order valence-electron chi connectivity index (χ2n) is 5.48. The van der Waals surface area contributed by atoms with Crippen molar-refractivity contribution >= 4 is 0 Å². The van der Waals surface area contributed by atoms with Crippen LogP contribution in [0.4, 0.5) is 0 Å². The fourth-order valence-corrected chi connectivity index (χ4v) is 2.25.